The third-order valence-corrected chi connectivity index (χ3v) is 5.39. The van der Waals surface area contributed by atoms with Gasteiger partial charge in [-0.05, 0) is 48.4 Å². The second kappa shape index (κ2) is 8.17. The third kappa shape index (κ3) is 4.07. The lowest BCUT2D eigenvalue weighted by molar-refractivity contribution is 0.0566. The van der Waals surface area contributed by atoms with Crippen molar-refractivity contribution >= 4 is 5.91 Å². The van der Waals surface area contributed by atoms with Crippen molar-refractivity contribution in [2.45, 2.75) is 13.0 Å². The first-order valence-electron chi connectivity index (χ1n) is 9.61. The molecule has 0 atom stereocenters. The Kier molecular flexibility index (Phi) is 5.45. The third-order valence-electron chi connectivity index (χ3n) is 5.39. The van der Waals surface area contributed by atoms with Crippen LogP contribution in [0.3, 0.4) is 0 Å². The summed E-state index contributed by atoms with van der Waals surface area (Å²) < 4.78 is 32.2. The second-order valence-corrected chi connectivity index (χ2v) is 7.27. The lowest BCUT2D eigenvalue weighted by Gasteiger charge is -2.39. The maximum absolute atomic E-state index is 13.4. The second-order valence-electron chi connectivity index (χ2n) is 7.27. The van der Waals surface area contributed by atoms with Gasteiger partial charge < -0.3 is 9.32 Å². The van der Waals surface area contributed by atoms with Gasteiger partial charge in [0.25, 0.3) is 5.91 Å². The average Bonchev–Trinajstić information content (AvgIpc) is 3.17. The molecule has 4 nitrogen and oxygen atoms in total. The average molecular weight is 396 g/mol. The van der Waals surface area contributed by atoms with Crippen molar-refractivity contribution in [3.63, 3.8) is 0 Å². The van der Waals surface area contributed by atoms with Gasteiger partial charge in [-0.1, -0.05) is 24.3 Å². The van der Waals surface area contributed by atoms with Crippen LogP contribution < -0.4 is 0 Å². The van der Waals surface area contributed by atoms with Crippen LogP contribution in [0.1, 0.15) is 33.3 Å². The van der Waals surface area contributed by atoms with Gasteiger partial charge >= 0.3 is 0 Å². The number of aryl methyl sites for hydroxylation is 1. The summed E-state index contributed by atoms with van der Waals surface area (Å²) in [4.78, 5) is 16.7. The van der Waals surface area contributed by atoms with E-state index < -0.39 is 0 Å². The number of furan rings is 1. The van der Waals surface area contributed by atoms with Crippen LogP contribution in [0.5, 0.6) is 0 Å². The first kappa shape index (κ1) is 19.3. The van der Waals surface area contributed by atoms with Gasteiger partial charge in [0.05, 0.1) is 12.3 Å². The first-order chi connectivity index (χ1) is 14.0. The minimum atomic E-state index is -0.296. The lowest BCUT2D eigenvalue weighted by Crippen LogP contribution is -2.49. The molecule has 1 amide bonds. The van der Waals surface area contributed by atoms with Crippen LogP contribution in [0.4, 0.5) is 8.78 Å². The van der Waals surface area contributed by atoms with E-state index in [4.69, 9.17) is 4.42 Å². The molecule has 1 aliphatic heterocycles. The number of benzene rings is 2. The Morgan fingerprint density at radius 3 is 1.83 bits per heavy atom. The molecule has 1 fully saturated rings. The monoisotopic (exact) mass is 396 g/mol. The molecule has 2 aromatic carbocycles. The molecule has 4 rings (SSSR count). The molecule has 0 spiro atoms. The molecular formula is C23H22F2N2O2. The Labute approximate surface area is 168 Å². The predicted molar refractivity (Wildman–Crippen MR) is 106 cm³/mol. The van der Waals surface area contributed by atoms with E-state index >= 15 is 0 Å². The van der Waals surface area contributed by atoms with Crippen molar-refractivity contribution in [3.8, 4) is 0 Å². The fourth-order valence-electron chi connectivity index (χ4n) is 3.82. The standard InChI is InChI=1S/C23H22F2N2O2/c1-16-10-15-29-22(16)23(28)27-13-11-26(12-14-27)21(17-2-6-19(24)7-3-17)18-4-8-20(25)9-5-18/h2-10,15,21H,11-14H2,1H3. The predicted octanol–water partition coefficient (Wildman–Crippen LogP) is 4.41. The minimum absolute atomic E-state index is 0.104. The molecule has 3 aromatic rings. The molecule has 0 radical (unpaired) electrons. The Hall–Kier alpha value is -2.99. The van der Waals surface area contributed by atoms with Gasteiger partial charge in [0.15, 0.2) is 5.76 Å². The summed E-state index contributed by atoms with van der Waals surface area (Å²) in [6.45, 7) is 4.25. The van der Waals surface area contributed by atoms with Crippen molar-refractivity contribution in [1.29, 1.82) is 0 Å². The lowest BCUT2D eigenvalue weighted by atomic mass is 9.96. The Morgan fingerprint density at radius 2 is 1.38 bits per heavy atom. The van der Waals surface area contributed by atoms with Gasteiger partial charge in [-0.2, -0.15) is 0 Å². The summed E-state index contributed by atoms with van der Waals surface area (Å²) in [6, 6.07) is 14.4. The molecule has 2 heterocycles. The molecule has 0 N–H and O–H groups in total. The summed E-state index contributed by atoms with van der Waals surface area (Å²) >= 11 is 0. The zero-order chi connectivity index (χ0) is 20.4. The van der Waals surface area contributed by atoms with E-state index in [-0.39, 0.29) is 23.6 Å². The number of carbonyl (C=O) groups is 1. The number of nitrogens with zero attached hydrogens (tertiary/aromatic N) is 2. The van der Waals surface area contributed by atoms with Crippen molar-refractivity contribution in [2.24, 2.45) is 0 Å². The van der Waals surface area contributed by atoms with Gasteiger partial charge in [-0.3, -0.25) is 9.69 Å². The van der Waals surface area contributed by atoms with Crippen LogP contribution in [0.25, 0.3) is 0 Å². The van der Waals surface area contributed by atoms with E-state index in [9.17, 15) is 13.6 Å². The fraction of sp³-hybridized carbons (Fsp3) is 0.261. The SMILES string of the molecule is Cc1ccoc1C(=O)N1CCN(C(c2ccc(F)cc2)c2ccc(F)cc2)CC1. The highest BCUT2D eigenvalue weighted by Gasteiger charge is 2.30. The molecule has 6 heteroatoms. The molecule has 0 saturated carbocycles. The number of amides is 1. The summed E-state index contributed by atoms with van der Waals surface area (Å²) in [5.41, 5.74) is 2.69. The Bertz CT molecular complexity index is 929. The van der Waals surface area contributed by atoms with Gasteiger partial charge in [0.1, 0.15) is 11.6 Å². The molecule has 1 aliphatic rings. The van der Waals surface area contributed by atoms with Crippen LogP contribution in [0.15, 0.2) is 65.3 Å². The molecule has 1 saturated heterocycles. The topological polar surface area (TPSA) is 36.7 Å². The van der Waals surface area contributed by atoms with Crippen molar-refractivity contribution in [1.82, 2.24) is 9.80 Å². The summed E-state index contributed by atoms with van der Waals surface area (Å²) in [7, 11) is 0. The van der Waals surface area contributed by atoms with E-state index in [0.29, 0.717) is 31.9 Å². The summed E-state index contributed by atoms with van der Waals surface area (Å²) in [6.07, 6.45) is 1.53. The van der Waals surface area contributed by atoms with Crippen molar-refractivity contribution in [3.05, 3.63) is 94.9 Å². The van der Waals surface area contributed by atoms with Crippen LogP contribution in [0, 0.1) is 18.6 Å². The Morgan fingerprint density at radius 1 is 0.862 bits per heavy atom. The summed E-state index contributed by atoms with van der Waals surface area (Å²) in [5, 5.41) is 0. The zero-order valence-electron chi connectivity index (χ0n) is 16.1. The van der Waals surface area contributed by atoms with Gasteiger partial charge in [-0.25, -0.2) is 8.78 Å². The number of piperazine rings is 1. The number of hydrogen-bond acceptors (Lipinski definition) is 3. The largest absolute Gasteiger partial charge is 0.459 e. The van der Waals surface area contributed by atoms with Gasteiger partial charge in [0.2, 0.25) is 0 Å². The zero-order valence-corrected chi connectivity index (χ0v) is 16.1. The highest BCUT2D eigenvalue weighted by molar-refractivity contribution is 5.92. The van der Waals surface area contributed by atoms with Crippen LogP contribution in [0.2, 0.25) is 0 Å². The quantitative estimate of drug-likeness (QED) is 0.655. The molecule has 150 valence electrons. The normalized spacial score (nSPS) is 15.1. The maximum Gasteiger partial charge on any atom is 0.289 e. The first-order valence-corrected chi connectivity index (χ1v) is 9.61. The highest BCUT2D eigenvalue weighted by Crippen LogP contribution is 2.30. The van der Waals surface area contributed by atoms with Crippen LogP contribution in [-0.4, -0.2) is 41.9 Å². The van der Waals surface area contributed by atoms with Gasteiger partial charge in [0, 0.05) is 31.7 Å². The van der Waals surface area contributed by atoms with Crippen LogP contribution in [-0.2, 0) is 0 Å². The molecule has 0 unspecified atom stereocenters. The van der Waals surface area contributed by atoms with E-state index in [0.717, 1.165) is 16.7 Å². The van der Waals surface area contributed by atoms with E-state index in [1.165, 1.54) is 30.5 Å². The maximum atomic E-state index is 13.4. The highest BCUT2D eigenvalue weighted by atomic mass is 19.1. The van der Waals surface area contributed by atoms with E-state index in [1.54, 1.807) is 35.2 Å². The minimum Gasteiger partial charge on any atom is -0.459 e. The number of rotatable bonds is 4. The number of hydrogen-bond donors (Lipinski definition) is 0. The molecular weight excluding hydrogens is 374 g/mol. The molecule has 29 heavy (non-hydrogen) atoms. The smallest absolute Gasteiger partial charge is 0.289 e. The summed E-state index contributed by atoms with van der Waals surface area (Å²) in [5.74, 6) is -0.314. The van der Waals surface area contributed by atoms with Crippen molar-refractivity contribution < 1.29 is 18.0 Å². The number of carbonyl (C=O) groups excluding carboxylic acids is 1. The van der Waals surface area contributed by atoms with E-state index in [2.05, 4.69) is 4.90 Å². The van der Waals surface area contributed by atoms with E-state index in [1.807, 2.05) is 6.92 Å². The molecule has 0 aliphatic carbocycles. The molecule has 1 aromatic heterocycles. The van der Waals surface area contributed by atoms with Crippen LogP contribution >= 0.6 is 0 Å². The van der Waals surface area contributed by atoms with Gasteiger partial charge in [-0.15, -0.1) is 0 Å². The molecule has 0 bridgehead atoms. The Balaban J connectivity index is 1.55. The van der Waals surface area contributed by atoms with Crippen molar-refractivity contribution in [2.75, 3.05) is 26.2 Å². The number of halogens is 2. The fourth-order valence-corrected chi connectivity index (χ4v) is 3.82.